The molecule has 1 saturated heterocycles. The average Bonchev–Trinajstić information content (AvgIpc) is 2.52. The van der Waals surface area contributed by atoms with Crippen molar-refractivity contribution < 1.29 is 24.4 Å². The van der Waals surface area contributed by atoms with Gasteiger partial charge < -0.3 is 24.4 Å². The Balaban J connectivity index is 2.86. The molecule has 1 aliphatic rings. The molecule has 0 saturated carbocycles. The maximum absolute atomic E-state index is 9.98. The number of unbranched alkanes of at least 4 members (excludes halogenated alkanes) is 2. The van der Waals surface area contributed by atoms with Crippen molar-refractivity contribution in [1.29, 1.82) is 0 Å². The Kier molecular flexibility index (Phi) is 9.38. The lowest BCUT2D eigenvalue weighted by Gasteiger charge is -2.42. The van der Waals surface area contributed by atoms with E-state index in [-0.39, 0.29) is 6.61 Å². The maximum atomic E-state index is 9.98. The summed E-state index contributed by atoms with van der Waals surface area (Å²) in [7, 11) is 0. The van der Waals surface area contributed by atoms with E-state index in [0.717, 1.165) is 25.7 Å². The molecule has 1 heterocycles. The number of hydrogen-bond donors (Lipinski definition) is 2. The van der Waals surface area contributed by atoms with Gasteiger partial charge in [0.15, 0.2) is 6.29 Å². The van der Waals surface area contributed by atoms with Crippen molar-refractivity contribution in [2.75, 3.05) is 19.8 Å². The number of nitrogens with zero attached hydrogens (tertiary/aromatic N) is 3. The summed E-state index contributed by atoms with van der Waals surface area (Å²) in [6, 6.07) is -0.892. The van der Waals surface area contributed by atoms with Crippen molar-refractivity contribution in [2.24, 2.45) is 5.11 Å². The van der Waals surface area contributed by atoms with Crippen LogP contribution >= 0.6 is 0 Å². The fourth-order valence-corrected chi connectivity index (χ4v) is 2.36. The minimum Gasteiger partial charge on any atom is -0.394 e. The fourth-order valence-electron chi connectivity index (χ4n) is 2.36. The van der Waals surface area contributed by atoms with E-state index in [0.29, 0.717) is 13.2 Å². The molecule has 1 aliphatic heterocycles. The van der Waals surface area contributed by atoms with Gasteiger partial charge in [0.1, 0.15) is 18.2 Å². The predicted molar refractivity (Wildman–Crippen MR) is 80.2 cm³/mol. The summed E-state index contributed by atoms with van der Waals surface area (Å²) in [5, 5.41) is 23.0. The van der Waals surface area contributed by atoms with Crippen LogP contribution in [0.5, 0.6) is 0 Å². The average molecular weight is 317 g/mol. The van der Waals surface area contributed by atoms with E-state index in [2.05, 4.69) is 10.0 Å². The highest BCUT2D eigenvalue weighted by Crippen LogP contribution is 2.27. The van der Waals surface area contributed by atoms with E-state index >= 15 is 0 Å². The molecule has 0 aliphatic carbocycles. The number of aliphatic hydroxyl groups excluding tert-OH is 2. The molecule has 22 heavy (non-hydrogen) atoms. The van der Waals surface area contributed by atoms with E-state index < -0.39 is 30.6 Å². The minimum atomic E-state index is -1.31. The van der Waals surface area contributed by atoms with Crippen LogP contribution < -0.4 is 0 Å². The molecule has 0 aromatic rings. The Morgan fingerprint density at radius 3 is 2.23 bits per heavy atom. The summed E-state index contributed by atoms with van der Waals surface area (Å²) in [6.45, 7) is 4.75. The Morgan fingerprint density at radius 1 is 1.14 bits per heavy atom. The molecule has 0 bridgehead atoms. The van der Waals surface area contributed by atoms with Gasteiger partial charge in [-0.25, -0.2) is 0 Å². The Bertz CT molecular complexity index is 351. The van der Waals surface area contributed by atoms with Crippen molar-refractivity contribution in [1.82, 2.24) is 0 Å². The van der Waals surface area contributed by atoms with Gasteiger partial charge in [-0.3, -0.25) is 0 Å². The summed E-state index contributed by atoms with van der Waals surface area (Å²) in [4.78, 5) is 2.76. The lowest BCUT2D eigenvalue weighted by atomic mass is 9.97. The third kappa shape index (κ3) is 5.39. The fraction of sp³-hybridized carbons (Fsp3) is 1.00. The van der Waals surface area contributed by atoms with E-state index in [1.165, 1.54) is 0 Å². The topological polar surface area (TPSA) is 117 Å². The highest BCUT2D eigenvalue weighted by molar-refractivity contribution is 4.95. The zero-order valence-corrected chi connectivity index (χ0v) is 13.3. The number of rotatable bonds is 10. The van der Waals surface area contributed by atoms with Gasteiger partial charge in [-0.05, 0) is 18.4 Å². The van der Waals surface area contributed by atoms with Gasteiger partial charge in [0.2, 0.25) is 0 Å². The molecule has 0 amide bonds. The van der Waals surface area contributed by atoms with Gasteiger partial charge in [-0.15, -0.1) is 0 Å². The van der Waals surface area contributed by atoms with Crippen molar-refractivity contribution in [3.8, 4) is 0 Å². The number of hydrogen-bond acceptors (Lipinski definition) is 6. The highest BCUT2D eigenvalue weighted by atomic mass is 16.6. The molecule has 0 spiro atoms. The molecule has 1 fully saturated rings. The molecule has 5 atom stereocenters. The van der Waals surface area contributed by atoms with Gasteiger partial charge in [0.05, 0.1) is 12.7 Å². The molecular formula is C14H27N3O5. The molecule has 2 N–H and O–H groups in total. The van der Waals surface area contributed by atoms with Crippen molar-refractivity contribution in [2.45, 2.75) is 70.2 Å². The van der Waals surface area contributed by atoms with Gasteiger partial charge in [-0.1, -0.05) is 31.8 Å². The van der Waals surface area contributed by atoms with Crippen LogP contribution in [0.1, 0.15) is 39.5 Å². The summed E-state index contributed by atoms with van der Waals surface area (Å²) < 4.78 is 16.9. The van der Waals surface area contributed by atoms with Crippen LogP contribution in [0.15, 0.2) is 5.11 Å². The van der Waals surface area contributed by atoms with Crippen LogP contribution in [-0.4, -0.2) is 60.7 Å². The highest BCUT2D eigenvalue weighted by Gasteiger charge is 2.46. The predicted octanol–water partition coefficient (Wildman–Crippen LogP) is 1.75. The van der Waals surface area contributed by atoms with E-state index in [1.807, 2.05) is 13.8 Å². The third-order valence-corrected chi connectivity index (χ3v) is 3.61. The van der Waals surface area contributed by atoms with Crippen molar-refractivity contribution >= 4 is 0 Å². The lowest BCUT2D eigenvalue weighted by molar-refractivity contribution is -0.266. The molecule has 8 heteroatoms. The maximum Gasteiger partial charge on any atom is 0.166 e. The van der Waals surface area contributed by atoms with Crippen LogP contribution in [0.3, 0.4) is 0 Å². The second kappa shape index (κ2) is 10.8. The van der Waals surface area contributed by atoms with Crippen molar-refractivity contribution in [3.63, 3.8) is 0 Å². The zero-order valence-electron chi connectivity index (χ0n) is 13.3. The summed E-state index contributed by atoms with van der Waals surface area (Å²) >= 11 is 0. The van der Waals surface area contributed by atoms with Crippen LogP contribution in [0.2, 0.25) is 0 Å². The first-order valence-electron chi connectivity index (χ1n) is 7.91. The first-order chi connectivity index (χ1) is 10.7. The van der Waals surface area contributed by atoms with Gasteiger partial charge in [0.25, 0.3) is 0 Å². The molecule has 0 aromatic carbocycles. The van der Waals surface area contributed by atoms with Crippen LogP contribution in [-0.2, 0) is 14.2 Å². The Morgan fingerprint density at radius 2 is 1.73 bits per heavy atom. The molecule has 0 radical (unpaired) electrons. The SMILES string of the molecule is CCCCOC1C(CO)OC(O)C(N=[N+]=[N-])C1OCCCC. The normalized spacial score (nSPS) is 31.7. The third-order valence-electron chi connectivity index (χ3n) is 3.61. The summed E-state index contributed by atoms with van der Waals surface area (Å²) in [5.74, 6) is 0. The van der Waals surface area contributed by atoms with Crippen molar-refractivity contribution in [3.05, 3.63) is 10.4 Å². The second-order valence-electron chi connectivity index (χ2n) is 5.32. The smallest absolute Gasteiger partial charge is 0.166 e. The number of ether oxygens (including phenoxy) is 3. The van der Waals surface area contributed by atoms with Gasteiger partial charge in [0, 0.05) is 18.1 Å². The second-order valence-corrected chi connectivity index (χ2v) is 5.32. The Hall–Kier alpha value is -0.890. The molecule has 5 unspecified atom stereocenters. The van der Waals surface area contributed by atoms with Crippen LogP contribution in [0, 0.1) is 0 Å². The molecule has 0 aromatic heterocycles. The molecular weight excluding hydrogens is 290 g/mol. The first-order valence-corrected chi connectivity index (χ1v) is 7.91. The molecule has 8 nitrogen and oxygen atoms in total. The van der Waals surface area contributed by atoms with Gasteiger partial charge >= 0.3 is 0 Å². The standard InChI is InChI=1S/C14H27N3O5/c1-3-5-7-20-12-10(9-18)22-14(19)11(16-17-15)13(12)21-8-6-4-2/h10-14,18-19H,3-9H2,1-2H3. The van der Waals surface area contributed by atoms with E-state index in [9.17, 15) is 10.2 Å². The monoisotopic (exact) mass is 317 g/mol. The van der Waals surface area contributed by atoms with Crippen LogP contribution in [0.4, 0.5) is 0 Å². The lowest BCUT2D eigenvalue weighted by Crippen LogP contribution is -2.59. The van der Waals surface area contributed by atoms with Gasteiger partial charge in [-0.2, -0.15) is 0 Å². The number of azide groups is 1. The first kappa shape index (κ1) is 19.2. The summed E-state index contributed by atoms with van der Waals surface area (Å²) in [5.41, 5.74) is 8.70. The minimum absolute atomic E-state index is 0.301. The van der Waals surface area contributed by atoms with Crippen LogP contribution in [0.25, 0.3) is 10.4 Å². The number of aliphatic hydroxyl groups is 2. The Labute approximate surface area is 131 Å². The quantitative estimate of drug-likeness (QED) is 0.275. The van der Waals surface area contributed by atoms with E-state index in [1.54, 1.807) is 0 Å². The summed E-state index contributed by atoms with van der Waals surface area (Å²) in [6.07, 6.45) is 0.415. The van der Waals surface area contributed by atoms with E-state index in [4.69, 9.17) is 19.7 Å². The largest absolute Gasteiger partial charge is 0.394 e. The molecule has 128 valence electrons. The molecule has 1 rings (SSSR count). The zero-order chi connectivity index (χ0) is 16.4.